The molecule has 4 N–H and O–H groups in total. The Morgan fingerprint density at radius 2 is 1.91 bits per heavy atom. The molecule has 0 atom stereocenters. The molecular weight excluding hydrogens is 428 g/mol. The van der Waals surface area contributed by atoms with Gasteiger partial charge in [-0.25, -0.2) is 5.10 Å². The number of fused-ring (bicyclic) bond motifs is 1. The molecular formula is C26H28N6O2. The number of amides is 1. The fourth-order valence-electron chi connectivity index (χ4n) is 4.62. The molecule has 2 heterocycles. The van der Waals surface area contributed by atoms with Gasteiger partial charge in [-0.15, -0.1) is 0 Å². The number of rotatable bonds is 5. The van der Waals surface area contributed by atoms with Gasteiger partial charge in [0.1, 0.15) is 11.2 Å². The maximum atomic E-state index is 12.7. The second-order valence-corrected chi connectivity index (χ2v) is 9.47. The van der Waals surface area contributed by atoms with Crippen molar-refractivity contribution in [2.45, 2.75) is 52.1 Å². The molecule has 0 spiro atoms. The zero-order valence-corrected chi connectivity index (χ0v) is 19.6. The molecule has 0 radical (unpaired) electrons. The van der Waals surface area contributed by atoms with Crippen molar-refractivity contribution < 1.29 is 4.79 Å². The monoisotopic (exact) mass is 456 g/mol. The highest BCUT2D eigenvalue weighted by Crippen LogP contribution is 2.42. The van der Waals surface area contributed by atoms with E-state index in [9.17, 15) is 9.59 Å². The van der Waals surface area contributed by atoms with Crippen LogP contribution in [0.4, 0.5) is 5.82 Å². The summed E-state index contributed by atoms with van der Waals surface area (Å²) in [7, 11) is 0. The Morgan fingerprint density at radius 3 is 2.59 bits per heavy atom. The van der Waals surface area contributed by atoms with Gasteiger partial charge in [0.2, 0.25) is 0 Å². The number of carbonyl (C=O) groups excluding carboxylic acids is 1. The fraction of sp³-hybridized carbons (Fsp3) is 0.308. The van der Waals surface area contributed by atoms with E-state index in [1.165, 1.54) is 0 Å². The van der Waals surface area contributed by atoms with Crippen molar-refractivity contribution >= 4 is 22.6 Å². The third kappa shape index (κ3) is 3.65. The zero-order chi connectivity index (χ0) is 24.0. The SMILES string of the molecule is Cc1ccc(C)c(C(=O)NCc2ccc(-c3nn(C4(C)CCC4)c4c(=O)[nH]nc(N)c34)cc2)c1. The summed E-state index contributed by atoms with van der Waals surface area (Å²) in [6.45, 7) is 6.43. The van der Waals surface area contributed by atoms with Crippen LogP contribution in [0.3, 0.4) is 0 Å². The van der Waals surface area contributed by atoms with Gasteiger partial charge in [-0.2, -0.15) is 10.2 Å². The Balaban J connectivity index is 1.43. The number of anilines is 1. The maximum Gasteiger partial charge on any atom is 0.290 e. The van der Waals surface area contributed by atoms with E-state index in [1.54, 1.807) is 0 Å². The maximum absolute atomic E-state index is 12.7. The number of benzene rings is 2. The number of aryl methyl sites for hydroxylation is 2. The molecule has 174 valence electrons. The molecule has 1 fully saturated rings. The quantitative estimate of drug-likeness (QED) is 0.422. The summed E-state index contributed by atoms with van der Waals surface area (Å²) >= 11 is 0. The summed E-state index contributed by atoms with van der Waals surface area (Å²) in [6.07, 6.45) is 3.03. The van der Waals surface area contributed by atoms with E-state index in [-0.39, 0.29) is 22.8 Å². The zero-order valence-electron chi connectivity index (χ0n) is 19.6. The van der Waals surface area contributed by atoms with E-state index < -0.39 is 0 Å². The van der Waals surface area contributed by atoms with Crippen LogP contribution in [0.15, 0.2) is 47.3 Å². The molecule has 4 aromatic rings. The molecule has 0 aliphatic heterocycles. The van der Waals surface area contributed by atoms with Crippen molar-refractivity contribution in [1.29, 1.82) is 0 Å². The third-order valence-electron chi connectivity index (χ3n) is 6.89. The number of nitrogens with two attached hydrogens (primary N) is 1. The van der Waals surface area contributed by atoms with Crippen LogP contribution in [0.1, 0.15) is 53.2 Å². The van der Waals surface area contributed by atoms with Crippen molar-refractivity contribution in [2.24, 2.45) is 0 Å². The molecule has 1 saturated carbocycles. The van der Waals surface area contributed by atoms with Crippen LogP contribution in [-0.2, 0) is 12.1 Å². The number of hydrogen-bond donors (Lipinski definition) is 3. The van der Waals surface area contributed by atoms with Gasteiger partial charge in [0.05, 0.1) is 10.9 Å². The van der Waals surface area contributed by atoms with Crippen molar-refractivity contribution in [3.63, 3.8) is 0 Å². The van der Waals surface area contributed by atoms with Crippen LogP contribution in [-0.4, -0.2) is 25.9 Å². The number of carbonyl (C=O) groups is 1. The largest absolute Gasteiger partial charge is 0.382 e. The molecule has 0 unspecified atom stereocenters. The third-order valence-corrected chi connectivity index (χ3v) is 6.89. The van der Waals surface area contributed by atoms with Crippen molar-refractivity contribution in [3.05, 3.63) is 75.1 Å². The van der Waals surface area contributed by atoms with E-state index in [0.717, 1.165) is 41.5 Å². The standard InChI is InChI=1S/C26H28N6O2/c1-15-5-6-16(2)19(13-15)24(33)28-14-17-7-9-18(10-8-17)21-20-22(25(34)30-29-23(20)27)32(31-21)26(3)11-4-12-26/h5-10,13H,4,11-12,14H2,1-3H3,(H2,27,29)(H,28,33)(H,30,34). The second-order valence-electron chi connectivity index (χ2n) is 9.47. The van der Waals surface area contributed by atoms with E-state index in [2.05, 4.69) is 22.4 Å². The van der Waals surface area contributed by atoms with Gasteiger partial charge in [-0.3, -0.25) is 14.3 Å². The number of nitrogens with zero attached hydrogens (tertiary/aromatic N) is 3. The van der Waals surface area contributed by atoms with Gasteiger partial charge in [0.15, 0.2) is 5.82 Å². The number of nitrogens with one attached hydrogen (secondary N) is 2. The van der Waals surface area contributed by atoms with Crippen LogP contribution in [0.2, 0.25) is 0 Å². The Labute approximate surface area is 197 Å². The summed E-state index contributed by atoms with van der Waals surface area (Å²) in [5.41, 5.74) is 11.3. The first-order valence-corrected chi connectivity index (χ1v) is 11.5. The van der Waals surface area contributed by atoms with Crippen molar-refractivity contribution in [2.75, 3.05) is 5.73 Å². The lowest BCUT2D eigenvalue weighted by Crippen LogP contribution is -2.39. The summed E-state index contributed by atoms with van der Waals surface area (Å²) in [4.78, 5) is 25.3. The van der Waals surface area contributed by atoms with Gasteiger partial charge in [0.25, 0.3) is 11.5 Å². The molecule has 2 aromatic heterocycles. The van der Waals surface area contributed by atoms with Crippen LogP contribution in [0.25, 0.3) is 22.2 Å². The highest BCUT2D eigenvalue weighted by Gasteiger charge is 2.37. The molecule has 0 bridgehead atoms. The average molecular weight is 457 g/mol. The summed E-state index contributed by atoms with van der Waals surface area (Å²) < 4.78 is 1.83. The van der Waals surface area contributed by atoms with Crippen LogP contribution in [0.5, 0.6) is 0 Å². The molecule has 34 heavy (non-hydrogen) atoms. The smallest absolute Gasteiger partial charge is 0.290 e. The second kappa shape index (κ2) is 8.13. The Hall–Kier alpha value is -3.94. The van der Waals surface area contributed by atoms with Gasteiger partial charge >= 0.3 is 0 Å². The number of nitrogen functional groups attached to an aromatic ring is 1. The summed E-state index contributed by atoms with van der Waals surface area (Å²) in [6, 6.07) is 13.6. The predicted octanol–water partition coefficient (Wildman–Crippen LogP) is 3.81. The van der Waals surface area contributed by atoms with E-state index >= 15 is 0 Å². The van der Waals surface area contributed by atoms with Crippen LogP contribution < -0.4 is 16.6 Å². The number of aromatic nitrogens is 4. The Morgan fingerprint density at radius 1 is 1.18 bits per heavy atom. The number of aromatic amines is 1. The molecule has 1 aliphatic carbocycles. The Kier molecular flexibility index (Phi) is 5.23. The van der Waals surface area contributed by atoms with Crippen molar-refractivity contribution in [3.8, 4) is 11.3 Å². The first kappa shape index (κ1) is 21.9. The molecule has 8 heteroatoms. The van der Waals surface area contributed by atoms with Gasteiger partial charge in [-0.05, 0) is 57.2 Å². The van der Waals surface area contributed by atoms with Gasteiger partial charge in [-0.1, -0.05) is 42.0 Å². The van der Waals surface area contributed by atoms with E-state index in [4.69, 9.17) is 10.8 Å². The molecule has 5 rings (SSSR count). The fourth-order valence-corrected chi connectivity index (χ4v) is 4.62. The first-order valence-electron chi connectivity index (χ1n) is 11.5. The Bertz CT molecular complexity index is 1460. The molecule has 1 aliphatic rings. The molecule has 1 amide bonds. The number of hydrogen-bond acceptors (Lipinski definition) is 5. The minimum absolute atomic E-state index is 0.0955. The predicted molar refractivity (Wildman–Crippen MR) is 133 cm³/mol. The number of H-pyrrole nitrogens is 1. The summed E-state index contributed by atoms with van der Waals surface area (Å²) in [5.74, 6) is 0.158. The van der Waals surface area contributed by atoms with E-state index in [1.807, 2.05) is 61.0 Å². The molecule has 8 nitrogen and oxygen atoms in total. The first-order chi connectivity index (χ1) is 16.3. The average Bonchev–Trinajstić information content (AvgIpc) is 3.22. The van der Waals surface area contributed by atoms with Crippen LogP contribution in [0, 0.1) is 13.8 Å². The summed E-state index contributed by atoms with van der Waals surface area (Å²) in [5, 5.41) is 14.9. The minimum atomic E-state index is -0.290. The van der Waals surface area contributed by atoms with Crippen molar-refractivity contribution in [1.82, 2.24) is 25.3 Å². The van der Waals surface area contributed by atoms with Gasteiger partial charge < -0.3 is 11.1 Å². The van der Waals surface area contributed by atoms with E-state index in [0.29, 0.717) is 28.7 Å². The highest BCUT2D eigenvalue weighted by molar-refractivity contribution is 5.99. The highest BCUT2D eigenvalue weighted by atomic mass is 16.1. The lowest BCUT2D eigenvalue weighted by atomic mass is 9.78. The minimum Gasteiger partial charge on any atom is -0.382 e. The van der Waals surface area contributed by atoms with Crippen LogP contribution >= 0.6 is 0 Å². The lowest BCUT2D eigenvalue weighted by molar-refractivity contribution is 0.0950. The molecule has 2 aromatic carbocycles. The van der Waals surface area contributed by atoms with Gasteiger partial charge in [0, 0.05) is 17.7 Å². The normalized spacial score (nSPS) is 14.7. The molecule has 0 saturated heterocycles. The lowest BCUT2D eigenvalue weighted by Gasteiger charge is -2.38. The topological polar surface area (TPSA) is 119 Å².